The number of nitrogens with one attached hydrogen (secondary N) is 1. The van der Waals surface area contributed by atoms with Crippen LogP contribution in [0.2, 0.25) is 0 Å². The van der Waals surface area contributed by atoms with Gasteiger partial charge in [0.2, 0.25) is 0 Å². The van der Waals surface area contributed by atoms with Crippen LogP contribution in [0.5, 0.6) is 0 Å². The third-order valence-corrected chi connectivity index (χ3v) is 3.93. The van der Waals surface area contributed by atoms with E-state index < -0.39 is 9.84 Å². The number of nitrogens with zero attached hydrogens (tertiary/aromatic N) is 1. The fraction of sp³-hybridized carbons (Fsp3) is 0.375. The summed E-state index contributed by atoms with van der Waals surface area (Å²) in [5.74, 6) is 0.764. The number of hydrogen-bond acceptors (Lipinski definition) is 5. The van der Waals surface area contributed by atoms with Gasteiger partial charge in [-0.05, 0) is 12.1 Å². The lowest BCUT2D eigenvalue weighted by Gasteiger charge is -2.27. The Balaban J connectivity index is 2.03. The van der Waals surface area contributed by atoms with E-state index in [0.29, 0.717) is 11.5 Å². The lowest BCUT2D eigenvalue weighted by molar-refractivity contribution is 0.570. The molecule has 5 nitrogen and oxygen atoms in total. The van der Waals surface area contributed by atoms with Crippen molar-refractivity contribution >= 4 is 21.3 Å². The Morgan fingerprint density at radius 3 is 2.79 bits per heavy atom. The first-order valence-corrected chi connectivity index (χ1v) is 6.06. The van der Waals surface area contributed by atoms with Gasteiger partial charge in [-0.3, -0.25) is 0 Å². The molecule has 0 aromatic carbocycles. The Hall–Kier alpha value is -1.30. The average molecular weight is 213 g/mol. The third kappa shape index (κ3) is 1.79. The first-order chi connectivity index (χ1) is 6.57. The van der Waals surface area contributed by atoms with Crippen molar-refractivity contribution in [1.82, 2.24) is 4.98 Å². The van der Waals surface area contributed by atoms with Gasteiger partial charge in [0, 0.05) is 6.20 Å². The zero-order valence-electron chi connectivity index (χ0n) is 7.47. The van der Waals surface area contributed by atoms with Crippen molar-refractivity contribution in [2.75, 3.05) is 22.6 Å². The maximum absolute atomic E-state index is 10.9. The lowest BCUT2D eigenvalue weighted by atomic mass is 10.3. The van der Waals surface area contributed by atoms with Gasteiger partial charge in [0.05, 0.1) is 23.2 Å². The highest BCUT2D eigenvalue weighted by Gasteiger charge is 2.33. The summed E-state index contributed by atoms with van der Waals surface area (Å²) >= 11 is 0. The molecule has 1 aromatic rings. The summed E-state index contributed by atoms with van der Waals surface area (Å²) in [6.07, 6.45) is 1.60. The number of pyridine rings is 1. The van der Waals surface area contributed by atoms with E-state index >= 15 is 0 Å². The molecular weight excluding hydrogens is 202 g/mol. The third-order valence-electron chi connectivity index (χ3n) is 2.11. The van der Waals surface area contributed by atoms with Gasteiger partial charge in [0.1, 0.15) is 5.82 Å². The second kappa shape index (κ2) is 3.13. The van der Waals surface area contributed by atoms with Crippen molar-refractivity contribution in [3.63, 3.8) is 0 Å². The highest BCUT2D eigenvalue weighted by atomic mass is 32.2. The zero-order chi connectivity index (χ0) is 10.2. The summed E-state index contributed by atoms with van der Waals surface area (Å²) in [6.45, 7) is 0. The molecular formula is C8H11N3O2S. The standard InChI is InChI=1S/C8H11N3O2S/c9-8-7(2-1-3-10-8)11-6-4-14(12,13)5-6/h1-3,6,11H,4-5H2,(H2,9,10). The Labute approximate surface area is 82.3 Å². The van der Waals surface area contributed by atoms with Crippen LogP contribution < -0.4 is 11.1 Å². The SMILES string of the molecule is Nc1ncccc1NC1CS(=O)(=O)C1. The highest BCUT2D eigenvalue weighted by Crippen LogP contribution is 2.20. The van der Waals surface area contributed by atoms with Crippen molar-refractivity contribution in [1.29, 1.82) is 0 Å². The van der Waals surface area contributed by atoms with E-state index in [1.54, 1.807) is 18.3 Å². The molecule has 2 heterocycles. The molecule has 6 heteroatoms. The molecule has 0 unspecified atom stereocenters. The number of rotatable bonds is 2. The molecule has 0 amide bonds. The molecule has 0 aliphatic carbocycles. The molecule has 0 spiro atoms. The molecule has 1 aliphatic rings. The second-order valence-electron chi connectivity index (χ2n) is 3.35. The van der Waals surface area contributed by atoms with Crippen LogP contribution in [0.3, 0.4) is 0 Å². The molecule has 1 fully saturated rings. The van der Waals surface area contributed by atoms with E-state index in [9.17, 15) is 8.42 Å². The molecule has 0 bridgehead atoms. The molecule has 0 atom stereocenters. The largest absolute Gasteiger partial charge is 0.382 e. The van der Waals surface area contributed by atoms with E-state index in [4.69, 9.17) is 5.73 Å². The van der Waals surface area contributed by atoms with Crippen LogP contribution in [0.25, 0.3) is 0 Å². The number of nitrogens with two attached hydrogens (primary N) is 1. The summed E-state index contributed by atoms with van der Waals surface area (Å²) in [6, 6.07) is 3.52. The predicted octanol–water partition coefficient (Wildman–Crippen LogP) is -0.127. The Morgan fingerprint density at radius 2 is 2.21 bits per heavy atom. The van der Waals surface area contributed by atoms with Gasteiger partial charge in [0.25, 0.3) is 0 Å². The smallest absolute Gasteiger partial charge is 0.154 e. The van der Waals surface area contributed by atoms with Crippen LogP contribution in [0.1, 0.15) is 0 Å². The fourth-order valence-electron chi connectivity index (χ4n) is 1.41. The monoisotopic (exact) mass is 213 g/mol. The minimum Gasteiger partial charge on any atom is -0.382 e. The van der Waals surface area contributed by atoms with Crippen LogP contribution in [-0.4, -0.2) is 30.9 Å². The van der Waals surface area contributed by atoms with E-state index in [1.165, 1.54) is 0 Å². The molecule has 1 aromatic heterocycles. The molecule has 2 rings (SSSR count). The predicted molar refractivity (Wildman–Crippen MR) is 54.7 cm³/mol. The van der Waals surface area contributed by atoms with Crippen LogP contribution in [0.4, 0.5) is 11.5 Å². The summed E-state index contributed by atoms with van der Waals surface area (Å²) in [5, 5.41) is 3.04. The van der Waals surface area contributed by atoms with Gasteiger partial charge in [-0.15, -0.1) is 0 Å². The Morgan fingerprint density at radius 1 is 1.50 bits per heavy atom. The molecule has 1 saturated heterocycles. The zero-order valence-corrected chi connectivity index (χ0v) is 8.29. The van der Waals surface area contributed by atoms with E-state index in [1.807, 2.05) is 0 Å². The Bertz CT molecular complexity index is 432. The summed E-state index contributed by atoms with van der Waals surface area (Å²) in [7, 11) is -2.79. The van der Waals surface area contributed by atoms with Crippen LogP contribution >= 0.6 is 0 Å². The van der Waals surface area contributed by atoms with Crippen molar-refractivity contribution in [2.24, 2.45) is 0 Å². The summed E-state index contributed by atoms with van der Waals surface area (Å²) in [4.78, 5) is 3.89. The first kappa shape index (κ1) is 9.26. The van der Waals surface area contributed by atoms with Crippen LogP contribution in [0, 0.1) is 0 Å². The molecule has 1 aliphatic heterocycles. The number of hydrogen-bond donors (Lipinski definition) is 2. The molecule has 0 radical (unpaired) electrons. The van der Waals surface area contributed by atoms with Gasteiger partial charge in [-0.25, -0.2) is 13.4 Å². The number of aromatic nitrogens is 1. The van der Waals surface area contributed by atoms with Crippen LogP contribution in [-0.2, 0) is 9.84 Å². The maximum Gasteiger partial charge on any atom is 0.154 e. The first-order valence-electron chi connectivity index (χ1n) is 4.24. The van der Waals surface area contributed by atoms with E-state index in [0.717, 1.165) is 0 Å². The lowest BCUT2D eigenvalue weighted by Crippen LogP contribution is -2.46. The number of anilines is 2. The van der Waals surface area contributed by atoms with Crippen molar-refractivity contribution in [3.05, 3.63) is 18.3 Å². The minimum atomic E-state index is -2.79. The second-order valence-corrected chi connectivity index (χ2v) is 5.51. The summed E-state index contributed by atoms with van der Waals surface area (Å²) < 4.78 is 21.8. The fourth-order valence-corrected chi connectivity index (χ4v) is 2.70. The van der Waals surface area contributed by atoms with Crippen molar-refractivity contribution in [2.45, 2.75) is 6.04 Å². The van der Waals surface area contributed by atoms with E-state index in [2.05, 4.69) is 10.3 Å². The number of nitrogen functional groups attached to an aromatic ring is 1. The van der Waals surface area contributed by atoms with Crippen molar-refractivity contribution in [3.8, 4) is 0 Å². The minimum absolute atomic E-state index is 0.0218. The van der Waals surface area contributed by atoms with Gasteiger partial charge >= 0.3 is 0 Å². The van der Waals surface area contributed by atoms with Crippen LogP contribution in [0.15, 0.2) is 18.3 Å². The maximum atomic E-state index is 10.9. The van der Waals surface area contributed by atoms with Crippen molar-refractivity contribution < 1.29 is 8.42 Å². The number of sulfone groups is 1. The molecule has 76 valence electrons. The molecule has 3 N–H and O–H groups in total. The Kier molecular flexibility index (Phi) is 2.07. The average Bonchev–Trinajstić information content (AvgIpc) is 2.05. The molecule has 0 saturated carbocycles. The summed E-state index contributed by atoms with van der Waals surface area (Å²) in [5.41, 5.74) is 6.29. The van der Waals surface area contributed by atoms with Gasteiger partial charge in [-0.1, -0.05) is 0 Å². The topological polar surface area (TPSA) is 85.1 Å². The normalized spacial score (nSPS) is 20.0. The molecule has 14 heavy (non-hydrogen) atoms. The quantitative estimate of drug-likeness (QED) is 0.715. The van der Waals surface area contributed by atoms with Gasteiger partial charge in [-0.2, -0.15) is 0 Å². The van der Waals surface area contributed by atoms with Gasteiger partial charge in [0.15, 0.2) is 9.84 Å². The van der Waals surface area contributed by atoms with Gasteiger partial charge < -0.3 is 11.1 Å². The van der Waals surface area contributed by atoms with E-state index in [-0.39, 0.29) is 17.5 Å². The highest BCUT2D eigenvalue weighted by molar-refractivity contribution is 7.92.